The number of hydrogen-bond acceptors (Lipinski definition) is 3. The molecule has 2 rings (SSSR count). The summed E-state index contributed by atoms with van der Waals surface area (Å²) in [6.07, 6.45) is 7.10. The lowest BCUT2D eigenvalue weighted by Gasteiger charge is -2.25. The largest absolute Gasteiger partial charge is 0.383 e. The molecule has 0 saturated heterocycles. The second kappa shape index (κ2) is 4.83. The summed E-state index contributed by atoms with van der Waals surface area (Å²) in [6, 6.07) is 2.42. The predicted molar refractivity (Wildman–Crippen MR) is 67.1 cm³/mol. The van der Waals surface area contributed by atoms with Gasteiger partial charge >= 0.3 is 0 Å². The molecular formula is C13H21N3. The topological polar surface area (TPSA) is 50.9 Å². The molecule has 0 spiro atoms. The van der Waals surface area contributed by atoms with Gasteiger partial charge in [-0.1, -0.05) is 12.8 Å². The van der Waals surface area contributed by atoms with Crippen molar-refractivity contribution in [1.29, 1.82) is 0 Å². The molecule has 1 unspecified atom stereocenters. The molecule has 3 N–H and O–H groups in total. The van der Waals surface area contributed by atoms with Crippen molar-refractivity contribution in [2.45, 2.75) is 38.6 Å². The van der Waals surface area contributed by atoms with Gasteiger partial charge in [0.15, 0.2) is 0 Å². The van der Waals surface area contributed by atoms with Crippen molar-refractivity contribution in [2.75, 3.05) is 12.8 Å². The van der Waals surface area contributed by atoms with E-state index in [0.717, 1.165) is 5.92 Å². The molecule has 1 aliphatic carbocycles. The normalized spacial score (nSPS) is 18.9. The second-order valence-corrected chi connectivity index (χ2v) is 4.74. The van der Waals surface area contributed by atoms with Crippen LogP contribution >= 0.6 is 0 Å². The summed E-state index contributed by atoms with van der Waals surface area (Å²) < 4.78 is 0. The van der Waals surface area contributed by atoms with Crippen molar-refractivity contribution in [1.82, 2.24) is 10.3 Å². The van der Waals surface area contributed by atoms with Gasteiger partial charge in [0.1, 0.15) is 5.82 Å². The smallest absolute Gasteiger partial charge is 0.128 e. The van der Waals surface area contributed by atoms with Crippen LogP contribution in [0.1, 0.15) is 42.9 Å². The number of nitrogens with one attached hydrogen (secondary N) is 1. The standard InChI is InChI=1S/C13H21N3/c1-9-7-8-16-13(14)11(9)12(15-2)10-5-3-4-6-10/h7-8,10,12,15H,3-6H2,1-2H3,(H2,14,16). The van der Waals surface area contributed by atoms with E-state index in [1.54, 1.807) is 6.20 Å². The van der Waals surface area contributed by atoms with E-state index in [9.17, 15) is 0 Å². The van der Waals surface area contributed by atoms with E-state index in [1.165, 1.54) is 36.8 Å². The Labute approximate surface area is 97.5 Å². The summed E-state index contributed by atoms with van der Waals surface area (Å²) in [4.78, 5) is 4.22. The molecule has 0 amide bonds. The third-order valence-corrected chi connectivity index (χ3v) is 3.73. The number of aryl methyl sites for hydroxylation is 1. The average Bonchev–Trinajstić information content (AvgIpc) is 2.77. The van der Waals surface area contributed by atoms with E-state index in [2.05, 4.69) is 17.2 Å². The molecule has 88 valence electrons. The molecule has 0 aromatic carbocycles. The summed E-state index contributed by atoms with van der Waals surface area (Å²) in [6.45, 7) is 2.12. The predicted octanol–water partition coefficient (Wildman–Crippen LogP) is 2.42. The first-order valence-electron chi connectivity index (χ1n) is 6.12. The Morgan fingerprint density at radius 2 is 2.12 bits per heavy atom. The maximum Gasteiger partial charge on any atom is 0.128 e. The Bertz CT molecular complexity index is 336. The van der Waals surface area contributed by atoms with Gasteiger partial charge in [0.25, 0.3) is 0 Å². The van der Waals surface area contributed by atoms with Crippen molar-refractivity contribution in [3.8, 4) is 0 Å². The molecule has 3 heteroatoms. The van der Waals surface area contributed by atoms with Gasteiger partial charge in [-0.3, -0.25) is 0 Å². The van der Waals surface area contributed by atoms with Crippen molar-refractivity contribution in [2.24, 2.45) is 5.92 Å². The van der Waals surface area contributed by atoms with E-state index in [0.29, 0.717) is 11.9 Å². The number of rotatable bonds is 3. The third kappa shape index (κ3) is 2.05. The molecule has 3 nitrogen and oxygen atoms in total. The van der Waals surface area contributed by atoms with E-state index < -0.39 is 0 Å². The van der Waals surface area contributed by atoms with Crippen molar-refractivity contribution >= 4 is 5.82 Å². The van der Waals surface area contributed by atoms with Gasteiger partial charge < -0.3 is 11.1 Å². The van der Waals surface area contributed by atoms with Crippen LogP contribution < -0.4 is 11.1 Å². The Morgan fingerprint density at radius 1 is 1.44 bits per heavy atom. The molecular weight excluding hydrogens is 198 g/mol. The SMILES string of the molecule is CNC(c1c(C)ccnc1N)C1CCCC1. The molecule has 1 aliphatic rings. The minimum Gasteiger partial charge on any atom is -0.383 e. The summed E-state index contributed by atoms with van der Waals surface area (Å²) in [5.74, 6) is 1.40. The average molecular weight is 219 g/mol. The van der Waals surface area contributed by atoms with Gasteiger partial charge in [-0.05, 0) is 44.4 Å². The summed E-state index contributed by atoms with van der Waals surface area (Å²) in [7, 11) is 2.02. The number of nitrogen functional groups attached to an aromatic ring is 1. The van der Waals surface area contributed by atoms with Crippen LogP contribution in [-0.2, 0) is 0 Å². The molecule has 1 heterocycles. The number of pyridine rings is 1. The fraction of sp³-hybridized carbons (Fsp3) is 0.615. The Balaban J connectivity index is 2.32. The Hall–Kier alpha value is -1.09. The minimum atomic E-state index is 0.371. The lowest BCUT2D eigenvalue weighted by atomic mass is 9.89. The number of anilines is 1. The highest BCUT2D eigenvalue weighted by molar-refractivity contribution is 5.46. The van der Waals surface area contributed by atoms with E-state index in [1.807, 2.05) is 13.1 Å². The number of aromatic nitrogens is 1. The van der Waals surface area contributed by atoms with E-state index in [4.69, 9.17) is 5.73 Å². The highest BCUT2D eigenvalue weighted by Crippen LogP contribution is 2.37. The maximum atomic E-state index is 6.01. The van der Waals surface area contributed by atoms with Crippen LogP contribution in [0.4, 0.5) is 5.82 Å². The van der Waals surface area contributed by atoms with Gasteiger partial charge in [-0.2, -0.15) is 0 Å². The van der Waals surface area contributed by atoms with Crippen LogP contribution in [0.3, 0.4) is 0 Å². The van der Waals surface area contributed by atoms with Gasteiger partial charge in [0.05, 0.1) is 0 Å². The molecule has 1 fully saturated rings. The first kappa shape index (κ1) is 11.4. The third-order valence-electron chi connectivity index (χ3n) is 3.73. The van der Waals surface area contributed by atoms with Crippen LogP contribution in [0, 0.1) is 12.8 Å². The van der Waals surface area contributed by atoms with Gasteiger partial charge in [0.2, 0.25) is 0 Å². The van der Waals surface area contributed by atoms with Crippen molar-refractivity contribution < 1.29 is 0 Å². The Kier molecular flexibility index (Phi) is 3.44. The number of nitrogens with zero attached hydrogens (tertiary/aromatic N) is 1. The highest BCUT2D eigenvalue weighted by Gasteiger charge is 2.27. The lowest BCUT2D eigenvalue weighted by Crippen LogP contribution is -2.25. The van der Waals surface area contributed by atoms with Crippen molar-refractivity contribution in [3.63, 3.8) is 0 Å². The monoisotopic (exact) mass is 219 g/mol. The molecule has 0 bridgehead atoms. The first-order valence-corrected chi connectivity index (χ1v) is 6.12. The molecule has 1 saturated carbocycles. The molecule has 1 aromatic rings. The van der Waals surface area contributed by atoms with E-state index in [-0.39, 0.29) is 0 Å². The Morgan fingerprint density at radius 3 is 2.69 bits per heavy atom. The maximum absolute atomic E-state index is 6.01. The zero-order valence-corrected chi connectivity index (χ0v) is 10.2. The van der Waals surface area contributed by atoms with E-state index >= 15 is 0 Å². The number of nitrogens with two attached hydrogens (primary N) is 1. The molecule has 16 heavy (non-hydrogen) atoms. The summed E-state index contributed by atoms with van der Waals surface area (Å²) in [5, 5.41) is 3.42. The molecule has 0 radical (unpaired) electrons. The summed E-state index contributed by atoms with van der Waals surface area (Å²) >= 11 is 0. The molecule has 1 atom stereocenters. The zero-order chi connectivity index (χ0) is 11.5. The van der Waals surface area contributed by atoms with Crippen LogP contribution in [0.5, 0.6) is 0 Å². The van der Waals surface area contributed by atoms with Crippen LogP contribution in [0.15, 0.2) is 12.3 Å². The number of hydrogen-bond donors (Lipinski definition) is 2. The van der Waals surface area contributed by atoms with Crippen molar-refractivity contribution in [3.05, 3.63) is 23.4 Å². The van der Waals surface area contributed by atoms with Crippen LogP contribution in [-0.4, -0.2) is 12.0 Å². The van der Waals surface area contributed by atoms with Gasteiger partial charge in [-0.15, -0.1) is 0 Å². The minimum absolute atomic E-state index is 0.371. The van der Waals surface area contributed by atoms with Crippen LogP contribution in [0.2, 0.25) is 0 Å². The first-order chi connectivity index (χ1) is 7.74. The molecule has 1 aromatic heterocycles. The van der Waals surface area contributed by atoms with Gasteiger partial charge in [0, 0.05) is 17.8 Å². The summed E-state index contributed by atoms with van der Waals surface area (Å²) in [5.41, 5.74) is 8.47. The van der Waals surface area contributed by atoms with Gasteiger partial charge in [-0.25, -0.2) is 4.98 Å². The quantitative estimate of drug-likeness (QED) is 0.821. The fourth-order valence-corrected chi connectivity index (χ4v) is 2.90. The van der Waals surface area contributed by atoms with Crippen LogP contribution in [0.25, 0.3) is 0 Å². The molecule has 0 aliphatic heterocycles. The fourth-order valence-electron chi connectivity index (χ4n) is 2.90. The second-order valence-electron chi connectivity index (χ2n) is 4.74. The highest BCUT2D eigenvalue weighted by atomic mass is 14.9. The zero-order valence-electron chi connectivity index (χ0n) is 10.2. The lowest BCUT2D eigenvalue weighted by molar-refractivity contribution is 0.389.